The number of carbonyl (C=O) groups excluding carboxylic acids is 1. The van der Waals surface area contributed by atoms with Crippen molar-refractivity contribution in [2.75, 3.05) is 0 Å². The molecule has 4 aliphatic rings. The van der Waals surface area contributed by atoms with Crippen molar-refractivity contribution in [2.45, 2.75) is 103 Å². The molecule has 4 heteroatoms. The average Bonchev–Trinajstić information content (AvgIpc) is 2.98. The molecule has 0 aromatic rings. The van der Waals surface area contributed by atoms with Gasteiger partial charge in [0.05, 0.1) is 0 Å². The lowest BCUT2D eigenvalue weighted by Crippen LogP contribution is -2.57. The fourth-order valence-electron chi connectivity index (χ4n) is 8.39. The van der Waals surface area contributed by atoms with Crippen LogP contribution in [0.15, 0.2) is 0 Å². The third-order valence-electron chi connectivity index (χ3n) is 9.45. The van der Waals surface area contributed by atoms with E-state index in [4.69, 9.17) is 9.84 Å². The third kappa shape index (κ3) is 3.29. The van der Waals surface area contributed by atoms with Crippen molar-refractivity contribution in [3.8, 4) is 0 Å². The Balaban J connectivity index is 1.57. The molecule has 28 heavy (non-hydrogen) atoms. The van der Waals surface area contributed by atoms with E-state index in [0.29, 0.717) is 29.6 Å². The molecule has 0 aliphatic heterocycles. The molecular weight excluding hydrogens is 352 g/mol. The molecule has 4 nitrogen and oxygen atoms in total. The van der Waals surface area contributed by atoms with Gasteiger partial charge in [-0.3, -0.25) is 9.59 Å². The SMILES string of the molecule is CC(=O)OC12CCC3C(CCC4CCCCC43C)C1CCC2CCCC(=O)O. The summed E-state index contributed by atoms with van der Waals surface area (Å²) in [5.74, 6) is 2.35. The zero-order valence-electron chi connectivity index (χ0n) is 17.8. The summed E-state index contributed by atoms with van der Waals surface area (Å²) in [6.45, 7) is 4.13. The maximum Gasteiger partial charge on any atom is 0.303 e. The van der Waals surface area contributed by atoms with Crippen LogP contribution in [0, 0.1) is 35.0 Å². The molecule has 158 valence electrons. The molecule has 0 radical (unpaired) electrons. The van der Waals surface area contributed by atoms with Crippen LogP contribution in [0.3, 0.4) is 0 Å². The maximum atomic E-state index is 12.1. The van der Waals surface area contributed by atoms with E-state index in [9.17, 15) is 9.59 Å². The van der Waals surface area contributed by atoms with E-state index in [2.05, 4.69) is 6.92 Å². The first-order chi connectivity index (χ1) is 13.4. The van der Waals surface area contributed by atoms with E-state index in [1.54, 1.807) is 6.92 Å². The summed E-state index contributed by atoms with van der Waals surface area (Å²) in [4.78, 5) is 23.1. The zero-order valence-corrected chi connectivity index (χ0v) is 17.8. The van der Waals surface area contributed by atoms with Gasteiger partial charge in [-0.25, -0.2) is 0 Å². The minimum absolute atomic E-state index is 0.147. The first kappa shape index (κ1) is 20.2. The Labute approximate surface area is 169 Å². The summed E-state index contributed by atoms with van der Waals surface area (Å²) in [5.41, 5.74) is 0.175. The predicted octanol–water partition coefficient (Wildman–Crippen LogP) is 5.59. The van der Waals surface area contributed by atoms with Crippen molar-refractivity contribution < 1.29 is 19.4 Å². The Hall–Kier alpha value is -1.06. The van der Waals surface area contributed by atoms with E-state index >= 15 is 0 Å². The quantitative estimate of drug-likeness (QED) is 0.622. The highest BCUT2D eigenvalue weighted by atomic mass is 16.6. The van der Waals surface area contributed by atoms with Crippen LogP contribution in [0.25, 0.3) is 0 Å². The van der Waals surface area contributed by atoms with Crippen LogP contribution in [-0.4, -0.2) is 22.6 Å². The summed E-state index contributed by atoms with van der Waals surface area (Å²) in [7, 11) is 0. The Kier molecular flexibility index (Phi) is 5.52. The highest BCUT2D eigenvalue weighted by molar-refractivity contribution is 5.67. The van der Waals surface area contributed by atoms with E-state index in [-0.39, 0.29) is 18.0 Å². The number of carboxylic acid groups (broad SMARTS) is 1. The number of fused-ring (bicyclic) bond motifs is 5. The van der Waals surface area contributed by atoms with Gasteiger partial charge in [-0.05, 0) is 93.3 Å². The average molecular weight is 391 g/mol. The molecule has 7 unspecified atom stereocenters. The molecule has 4 aliphatic carbocycles. The molecule has 1 N–H and O–H groups in total. The minimum Gasteiger partial charge on any atom is -0.481 e. The fourth-order valence-corrected chi connectivity index (χ4v) is 8.39. The Morgan fingerprint density at radius 1 is 1.00 bits per heavy atom. The lowest BCUT2D eigenvalue weighted by Gasteiger charge is -2.60. The first-order valence-electron chi connectivity index (χ1n) is 11.8. The number of hydrogen-bond acceptors (Lipinski definition) is 3. The molecule has 4 rings (SSSR count). The van der Waals surface area contributed by atoms with Gasteiger partial charge in [0.1, 0.15) is 5.60 Å². The summed E-state index contributed by atoms with van der Waals surface area (Å²) < 4.78 is 6.20. The van der Waals surface area contributed by atoms with Gasteiger partial charge in [-0.1, -0.05) is 19.8 Å². The molecule has 7 atom stereocenters. The second-order valence-electron chi connectivity index (χ2n) is 10.6. The van der Waals surface area contributed by atoms with Gasteiger partial charge in [0.15, 0.2) is 0 Å². The summed E-state index contributed by atoms with van der Waals surface area (Å²) in [6.07, 6.45) is 14.5. The molecule has 0 saturated heterocycles. The molecule has 0 aromatic heterocycles. The van der Waals surface area contributed by atoms with Gasteiger partial charge in [0.25, 0.3) is 0 Å². The van der Waals surface area contributed by atoms with E-state index < -0.39 is 5.97 Å². The zero-order chi connectivity index (χ0) is 19.9. The van der Waals surface area contributed by atoms with Crippen LogP contribution in [-0.2, 0) is 14.3 Å². The van der Waals surface area contributed by atoms with Crippen molar-refractivity contribution >= 4 is 11.9 Å². The van der Waals surface area contributed by atoms with Crippen LogP contribution >= 0.6 is 0 Å². The number of aliphatic carboxylic acids is 1. The number of carbonyl (C=O) groups is 2. The number of hydrogen-bond donors (Lipinski definition) is 1. The summed E-state index contributed by atoms with van der Waals surface area (Å²) in [5, 5.41) is 9.04. The topological polar surface area (TPSA) is 63.6 Å². The molecule has 0 bridgehead atoms. The van der Waals surface area contributed by atoms with Crippen molar-refractivity contribution in [3.05, 3.63) is 0 Å². The summed E-state index contributed by atoms with van der Waals surface area (Å²) >= 11 is 0. The Morgan fingerprint density at radius 2 is 1.82 bits per heavy atom. The Bertz CT molecular complexity index is 616. The third-order valence-corrected chi connectivity index (χ3v) is 9.45. The highest BCUT2D eigenvalue weighted by Crippen LogP contribution is 2.66. The number of esters is 1. The monoisotopic (exact) mass is 390 g/mol. The summed E-state index contributed by atoms with van der Waals surface area (Å²) in [6, 6.07) is 0. The predicted molar refractivity (Wildman–Crippen MR) is 108 cm³/mol. The number of rotatable bonds is 5. The van der Waals surface area contributed by atoms with Crippen molar-refractivity contribution in [3.63, 3.8) is 0 Å². The first-order valence-corrected chi connectivity index (χ1v) is 11.8. The standard InChI is InChI=1S/C24H38O4/c1-16(25)28-24-15-13-20-19(11-9-17-6-3-4-14-23(17,20)2)21(24)12-10-18(24)7-5-8-22(26)27/h17-21H,3-15H2,1-2H3,(H,26,27). The van der Waals surface area contributed by atoms with Gasteiger partial charge in [-0.2, -0.15) is 0 Å². The lowest BCUT2D eigenvalue weighted by molar-refractivity contribution is -0.194. The van der Waals surface area contributed by atoms with Gasteiger partial charge >= 0.3 is 11.9 Å². The van der Waals surface area contributed by atoms with Crippen molar-refractivity contribution in [2.24, 2.45) is 35.0 Å². The largest absolute Gasteiger partial charge is 0.481 e. The van der Waals surface area contributed by atoms with Crippen LogP contribution in [0.4, 0.5) is 0 Å². The molecule has 0 aromatic carbocycles. The van der Waals surface area contributed by atoms with Crippen LogP contribution < -0.4 is 0 Å². The molecule has 0 spiro atoms. The number of ether oxygens (including phenoxy) is 1. The van der Waals surface area contributed by atoms with Crippen molar-refractivity contribution in [1.82, 2.24) is 0 Å². The van der Waals surface area contributed by atoms with Gasteiger partial charge in [0, 0.05) is 19.3 Å². The second kappa shape index (κ2) is 7.65. The highest BCUT2D eigenvalue weighted by Gasteiger charge is 2.62. The maximum absolute atomic E-state index is 12.1. The fraction of sp³-hybridized carbons (Fsp3) is 0.917. The smallest absolute Gasteiger partial charge is 0.303 e. The Morgan fingerprint density at radius 3 is 2.57 bits per heavy atom. The molecule has 0 amide bonds. The second-order valence-corrected chi connectivity index (χ2v) is 10.6. The van der Waals surface area contributed by atoms with Gasteiger partial charge in [0.2, 0.25) is 0 Å². The van der Waals surface area contributed by atoms with Crippen molar-refractivity contribution in [1.29, 1.82) is 0 Å². The molecule has 4 fully saturated rings. The van der Waals surface area contributed by atoms with Crippen LogP contribution in [0.2, 0.25) is 0 Å². The van der Waals surface area contributed by atoms with Crippen LogP contribution in [0.5, 0.6) is 0 Å². The van der Waals surface area contributed by atoms with E-state index in [1.807, 2.05) is 0 Å². The molecule has 4 saturated carbocycles. The van der Waals surface area contributed by atoms with Gasteiger partial charge in [-0.15, -0.1) is 0 Å². The molecule has 0 heterocycles. The van der Waals surface area contributed by atoms with E-state index in [1.165, 1.54) is 44.9 Å². The van der Waals surface area contributed by atoms with Gasteiger partial charge < -0.3 is 9.84 Å². The van der Waals surface area contributed by atoms with Crippen LogP contribution in [0.1, 0.15) is 97.3 Å². The lowest BCUT2D eigenvalue weighted by atomic mass is 9.46. The number of carboxylic acids is 1. The normalized spacial score (nSPS) is 44.9. The molecular formula is C24H38O4. The van der Waals surface area contributed by atoms with E-state index in [0.717, 1.165) is 37.5 Å². The minimum atomic E-state index is -0.719.